The number of hydrogen-bond donors (Lipinski definition) is 1. The van der Waals surface area contributed by atoms with Gasteiger partial charge in [-0.05, 0) is 44.2 Å². The van der Waals surface area contributed by atoms with Crippen LogP contribution in [-0.2, 0) is 0 Å². The molecular formula is C12H17BrN2. The average Bonchev–Trinajstić information content (AvgIpc) is 2.44. The maximum atomic E-state index is 3.50. The summed E-state index contributed by atoms with van der Waals surface area (Å²) in [6.07, 6.45) is 1.22. The molecule has 1 aromatic carbocycles. The van der Waals surface area contributed by atoms with E-state index in [0.717, 1.165) is 24.1 Å². The summed E-state index contributed by atoms with van der Waals surface area (Å²) >= 11 is 3.47. The second-order valence-electron chi connectivity index (χ2n) is 4.13. The third-order valence-electron chi connectivity index (χ3n) is 2.78. The van der Waals surface area contributed by atoms with Crippen LogP contribution in [0.4, 0.5) is 5.69 Å². The lowest BCUT2D eigenvalue weighted by Gasteiger charge is -2.24. The monoisotopic (exact) mass is 268 g/mol. The molecule has 0 aliphatic carbocycles. The molecule has 1 heterocycles. The molecule has 0 bridgehead atoms. The highest BCUT2D eigenvalue weighted by Gasteiger charge is 2.13. The standard InChI is InChI=1S/C12H17BrN2/c1-10-9-15(8-2-7-14-10)12-5-3-11(13)4-6-12/h3-6,10,14H,2,7-9H2,1H3. The van der Waals surface area contributed by atoms with E-state index < -0.39 is 0 Å². The minimum Gasteiger partial charge on any atom is -0.370 e. The number of benzene rings is 1. The summed E-state index contributed by atoms with van der Waals surface area (Å²) in [5, 5.41) is 3.50. The van der Waals surface area contributed by atoms with Crippen LogP contribution in [0.5, 0.6) is 0 Å². The highest BCUT2D eigenvalue weighted by molar-refractivity contribution is 9.10. The molecule has 1 N–H and O–H groups in total. The van der Waals surface area contributed by atoms with Gasteiger partial charge in [-0.25, -0.2) is 0 Å². The molecule has 15 heavy (non-hydrogen) atoms. The maximum Gasteiger partial charge on any atom is 0.0367 e. The molecular weight excluding hydrogens is 252 g/mol. The zero-order valence-corrected chi connectivity index (χ0v) is 10.6. The van der Waals surface area contributed by atoms with Gasteiger partial charge in [0.25, 0.3) is 0 Å². The van der Waals surface area contributed by atoms with Crippen LogP contribution in [-0.4, -0.2) is 25.7 Å². The summed E-state index contributed by atoms with van der Waals surface area (Å²) in [5.41, 5.74) is 1.33. The lowest BCUT2D eigenvalue weighted by Crippen LogP contribution is -2.35. The van der Waals surface area contributed by atoms with Gasteiger partial charge < -0.3 is 10.2 Å². The van der Waals surface area contributed by atoms with Crippen molar-refractivity contribution >= 4 is 21.6 Å². The normalized spacial score (nSPS) is 22.5. The van der Waals surface area contributed by atoms with Crippen LogP contribution in [0.3, 0.4) is 0 Å². The number of hydrogen-bond acceptors (Lipinski definition) is 2. The molecule has 1 aliphatic heterocycles. The predicted octanol–water partition coefficient (Wildman–Crippen LogP) is 2.64. The van der Waals surface area contributed by atoms with Crippen LogP contribution in [0.1, 0.15) is 13.3 Å². The number of rotatable bonds is 1. The van der Waals surface area contributed by atoms with Crippen molar-refractivity contribution < 1.29 is 0 Å². The smallest absolute Gasteiger partial charge is 0.0367 e. The van der Waals surface area contributed by atoms with Gasteiger partial charge in [0.05, 0.1) is 0 Å². The van der Waals surface area contributed by atoms with Gasteiger partial charge in [0, 0.05) is 29.3 Å². The second kappa shape index (κ2) is 4.99. The molecule has 1 aromatic rings. The Labute approximate surface area is 99.8 Å². The van der Waals surface area contributed by atoms with Gasteiger partial charge in [0.2, 0.25) is 0 Å². The van der Waals surface area contributed by atoms with Gasteiger partial charge >= 0.3 is 0 Å². The molecule has 82 valence electrons. The molecule has 1 aliphatic rings. The van der Waals surface area contributed by atoms with Gasteiger partial charge in [0.15, 0.2) is 0 Å². The van der Waals surface area contributed by atoms with Crippen molar-refractivity contribution in [1.29, 1.82) is 0 Å². The summed E-state index contributed by atoms with van der Waals surface area (Å²) in [6.45, 7) is 5.63. The fourth-order valence-electron chi connectivity index (χ4n) is 1.99. The number of halogens is 1. The quantitative estimate of drug-likeness (QED) is 0.843. The second-order valence-corrected chi connectivity index (χ2v) is 5.05. The Hall–Kier alpha value is -0.540. The van der Waals surface area contributed by atoms with E-state index in [1.807, 2.05) is 0 Å². The third kappa shape index (κ3) is 2.95. The Balaban J connectivity index is 2.11. The first-order valence-corrected chi connectivity index (χ1v) is 6.29. The summed E-state index contributed by atoms with van der Waals surface area (Å²) in [5.74, 6) is 0. The fourth-order valence-corrected chi connectivity index (χ4v) is 2.26. The van der Waals surface area contributed by atoms with E-state index in [4.69, 9.17) is 0 Å². The average molecular weight is 269 g/mol. The van der Waals surface area contributed by atoms with Gasteiger partial charge in [-0.1, -0.05) is 15.9 Å². The minimum absolute atomic E-state index is 0.580. The van der Waals surface area contributed by atoms with Crippen molar-refractivity contribution in [3.8, 4) is 0 Å². The third-order valence-corrected chi connectivity index (χ3v) is 3.31. The molecule has 1 atom stereocenters. The van der Waals surface area contributed by atoms with Crippen LogP contribution >= 0.6 is 15.9 Å². The SMILES string of the molecule is CC1CN(c2ccc(Br)cc2)CCCN1. The van der Waals surface area contributed by atoms with E-state index in [1.165, 1.54) is 12.1 Å². The highest BCUT2D eigenvalue weighted by Crippen LogP contribution is 2.19. The lowest BCUT2D eigenvalue weighted by molar-refractivity contribution is 0.585. The van der Waals surface area contributed by atoms with Crippen molar-refractivity contribution in [3.63, 3.8) is 0 Å². The molecule has 3 heteroatoms. The van der Waals surface area contributed by atoms with Crippen LogP contribution in [0.2, 0.25) is 0 Å². The molecule has 1 fully saturated rings. The van der Waals surface area contributed by atoms with Crippen molar-refractivity contribution in [2.24, 2.45) is 0 Å². The number of nitrogens with one attached hydrogen (secondary N) is 1. The largest absolute Gasteiger partial charge is 0.370 e. The van der Waals surface area contributed by atoms with Gasteiger partial charge in [0.1, 0.15) is 0 Å². The van der Waals surface area contributed by atoms with Crippen LogP contribution < -0.4 is 10.2 Å². The van der Waals surface area contributed by atoms with E-state index in [-0.39, 0.29) is 0 Å². The van der Waals surface area contributed by atoms with Gasteiger partial charge in [-0.15, -0.1) is 0 Å². The first kappa shape index (κ1) is 11.0. The Morgan fingerprint density at radius 1 is 1.33 bits per heavy atom. The topological polar surface area (TPSA) is 15.3 Å². The Bertz CT molecular complexity index is 310. The maximum absolute atomic E-state index is 3.50. The lowest BCUT2D eigenvalue weighted by atomic mass is 10.2. The number of anilines is 1. The van der Waals surface area contributed by atoms with Crippen molar-refractivity contribution in [2.75, 3.05) is 24.5 Å². The number of nitrogens with zero attached hydrogens (tertiary/aromatic N) is 1. The van der Waals surface area contributed by atoms with E-state index in [2.05, 4.69) is 57.3 Å². The first-order chi connectivity index (χ1) is 7.25. The molecule has 0 saturated carbocycles. The van der Waals surface area contributed by atoms with Crippen molar-refractivity contribution in [2.45, 2.75) is 19.4 Å². The Morgan fingerprint density at radius 2 is 2.07 bits per heavy atom. The summed E-state index contributed by atoms with van der Waals surface area (Å²) in [6, 6.07) is 9.16. The Kier molecular flexibility index (Phi) is 3.65. The molecule has 0 radical (unpaired) electrons. The molecule has 2 nitrogen and oxygen atoms in total. The van der Waals surface area contributed by atoms with Crippen molar-refractivity contribution in [1.82, 2.24) is 5.32 Å². The van der Waals surface area contributed by atoms with E-state index in [0.29, 0.717) is 6.04 Å². The molecule has 0 amide bonds. The first-order valence-electron chi connectivity index (χ1n) is 5.49. The highest BCUT2D eigenvalue weighted by atomic mass is 79.9. The Morgan fingerprint density at radius 3 is 2.80 bits per heavy atom. The van der Waals surface area contributed by atoms with Crippen LogP contribution in [0.15, 0.2) is 28.7 Å². The minimum atomic E-state index is 0.580. The molecule has 1 saturated heterocycles. The summed E-state index contributed by atoms with van der Waals surface area (Å²) in [7, 11) is 0. The van der Waals surface area contributed by atoms with E-state index in [1.54, 1.807) is 0 Å². The fraction of sp³-hybridized carbons (Fsp3) is 0.500. The molecule has 2 rings (SSSR count). The molecule has 0 aromatic heterocycles. The predicted molar refractivity (Wildman–Crippen MR) is 68.4 cm³/mol. The summed E-state index contributed by atoms with van der Waals surface area (Å²) in [4.78, 5) is 2.46. The molecule has 1 unspecified atom stereocenters. The zero-order chi connectivity index (χ0) is 10.7. The molecule has 0 spiro atoms. The van der Waals surface area contributed by atoms with Gasteiger partial charge in [-0.2, -0.15) is 0 Å². The van der Waals surface area contributed by atoms with E-state index >= 15 is 0 Å². The van der Waals surface area contributed by atoms with E-state index in [9.17, 15) is 0 Å². The van der Waals surface area contributed by atoms with Crippen LogP contribution in [0, 0.1) is 0 Å². The summed E-state index contributed by atoms with van der Waals surface area (Å²) < 4.78 is 1.15. The van der Waals surface area contributed by atoms with Crippen LogP contribution in [0.25, 0.3) is 0 Å². The van der Waals surface area contributed by atoms with Gasteiger partial charge in [-0.3, -0.25) is 0 Å². The zero-order valence-electron chi connectivity index (χ0n) is 9.04. The van der Waals surface area contributed by atoms with Crippen molar-refractivity contribution in [3.05, 3.63) is 28.7 Å².